The molecule has 6 nitrogen and oxygen atoms in total. The molecule has 8 rings (SSSR count). The van der Waals surface area contributed by atoms with Crippen LogP contribution in [0.5, 0.6) is 5.75 Å². The van der Waals surface area contributed by atoms with Crippen LogP contribution in [0.3, 0.4) is 0 Å². The van der Waals surface area contributed by atoms with E-state index in [1.54, 1.807) is 7.11 Å². The Kier molecular flexibility index (Phi) is 9.44. The van der Waals surface area contributed by atoms with E-state index >= 15 is 0 Å². The van der Waals surface area contributed by atoms with Gasteiger partial charge in [0.2, 0.25) is 0 Å². The van der Waals surface area contributed by atoms with Crippen molar-refractivity contribution in [2.24, 2.45) is 46.3 Å². The molecule has 51 heavy (non-hydrogen) atoms. The minimum atomic E-state index is -0.900. The van der Waals surface area contributed by atoms with Crippen LogP contribution in [0.15, 0.2) is 29.8 Å². The number of aryl methyl sites for hydroxylation is 1. The summed E-state index contributed by atoms with van der Waals surface area (Å²) in [5.41, 5.74) is 2.61. The number of fused-ring (bicyclic) bond motifs is 10. The number of benzene rings is 1. The van der Waals surface area contributed by atoms with Gasteiger partial charge in [0.25, 0.3) is 0 Å². The summed E-state index contributed by atoms with van der Waals surface area (Å²) in [6.45, 7) is 7.47. The summed E-state index contributed by atoms with van der Waals surface area (Å²) in [5.74, 6) is 10.5. The van der Waals surface area contributed by atoms with E-state index in [1.807, 2.05) is 0 Å². The fourth-order valence-corrected chi connectivity index (χ4v) is 13.2. The Morgan fingerprint density at radius 3 is 2.22 bits per heavy atom. The van der Waals surface area contributed by atoms with Gasteiger partial charge in [-0.1, -0.05) is 37.3 Å². The first kappa shape index (κ1) is 36.2. The van der Waals surface area contributed by atoms with Crippen LogP contribution in [0.25, 0.3) is 0 Å². The van der Waals surface area contributed by atoms with Crippen molar-refractivity contribution < 1.29 is 28.9 Å². The van der Waals surface area contributed by atoms with Crippen LogP contribution in [0.4, 0.5) is 0 Å². The zero-order chi connectivity index (χ0) is 36.3. The molecule has 0 spiro atoms. The van der Waals surface area contributed by atoms with Gasteiger partial charge in [0.15, 0.2) is 5.60 Å². The number of hydrogen-bond acceptors (Lipinski definition) is 6. The van der Waals surface area contributed by atoms with Crippen molar-refractivity contribution >= 4 is 11.9 Å². The van der Waals surface area contributed by atoms with Crippen LogP contribution in [-0.2, 0) is 25.5 Å². The number of methoxy groups -OCH3 is 1. The average molecular weight is 695 g/mol. The molecule has 5 fully saturated rings. The maximum atomic E-state index is 11.8. The molecular weight excluding hydrogens is 636 g/mol. The molecule has 0 aliphatic heterocycles. The highest BCUT2D eigenvalue weighted by molar-refractivity contribution is 5.67. The lowest BCUT2D eigenvalue weighted by molar-refractivity contribution is -0.167. The van der Waals surface area contributed by atoms with E-state index in [4.69, 9.17) is 27.1 Å². The van der Waals surface area contributed by atoms with Crippen LogP contribution in [0.1, 0.15) is 128 Å². The van der Waals surface area contributed by atoms with Gasteiger partial charge in [-0.15, -0.1) is 12.8 Å². The Morgan fingerprint density at radius 2 is 1.51 bits per heavy atom. The van der Waals surface area contributed by atoms with Crippen molar-refractivity contribution in [3.05, 3.63) is 41.0 Å². The number of esters is 2. The number of terminal acetylenes is 2. The minimum Gasteiger partial charge on any atom is -0.497 e. The Bertz CT molecular complexity index is 1660. The van der Waals surface area contributed by atoms with Crippen molar-refractivity contribution in [1.82, 2.24) is 0 Å². The molecule has 1 aromatic carbocycles. The van der Waals surface area contributed by atoms with Gasteiger partial charge in [-0.25, -0.2) is 0 Å². The predicted molar refractivity (Wildman–Crippen MR) is 197 cm³/mol. The molecule has 1 N–H and O–H groups in total. The lowest BCUT2D eigenvalue weighted by Crippen LogP contribution is -2.53. The van der Waals surface area contributed by atoms with Gasteiger partial charge in [-0.05, 0) is 161 Å². The zero-order valence-corrected chi connectivity index (χ0v) is 31.5. The van der Waals surface area contributed by atoms with Crippen molar-refractivity contribution in [3.63, 3.8) is 0 Å². The number of aliphatic hydroxyl groups is 1. The maximum absolute atomic E-state index is 11.8. The molecule has 0 amide bonds. The highest BCUT2D eigenvalue weighted by atomic mass is 16.6. The Hall–Kier alpha value is -3.22. The molecule has 6 heteroatoms. The summed E-state index contributed by atoms with van der Waals surface area (Å²) in [6, 6.07) is 6.59. The van der Waals surface area contributed by atoms with E-state index < -0.39 is 11.2 Å². The zero-order valence-electron chi connectivity index (χ0n) is 31.5. The first-order valence-corrected chi connectivity index (χ1v) is 19.7. The van der Waals surface area contributed by atoms with Crippen LogP contribution in [-0.4, -0.2) is 41.5 Å². The fourth-order valence-electron chi connectivity index (χ4n) is 13.2. The Morgan fingerprint density at radius 1 is 0.784 bits per heavy atom. The van der Waals surface area contributed by atoms with Crippen LogP contribution >= 0.6 is 0 Å². The quantitative estimate of drug-likeness (QED) is 0.195. The van der Waals surface area contributed by atoms with E-state index in [0.29, 0.717) is 41.4 Å². The molecule has 274 valence electrons. The second-order valence-electron chi connectivity index (χ2n) is 17.6. The second-order valence-corrected chi connectivity index (χ2v) is 17.6. The SMILES string of the molecule is C#C[C@]1(O)CC[C@H]2[C@@H]3CCc4cc(OC)ccc4[C@H]3CC[C@@]21C.C#C[C@]1(OC(C)=O)CC[C@H]2[C@@H]3CCC4=C[C@@H](OC(C)=O)CC[C@@H]4[C@H]3CC[C@@]21C. The molecule has 7 aliphatic carbocycles. The van der Waals surface area contributed by atoms with Crippen molar-refractivity contribution in [2.45, 2.75) is 141 Å². The Balaban J connectivity index is 0.000000162. The monoisotopic (exact) mass is 694 g/mol. The van der Waals surface area contributed by atoms with Gasteiger partial charge in [0.05, 0.1) is 7.11 Å². The fraction of sp³-hybridized carbons (Fsp3) is 0.689. The number of allylic oxidation sites excluding steroid dienone is 1. The number of carbonyl (C=O) groups is 2. The second kappa shape index (κ2) is 13.3. The summed E-state index contributed by atoms with van der Waals surface area (Å²) in [5, 5.41) is 11.0. The molecule has 0 aromatic heterocycles. The summed E-state index contributed by atoms with van der Waals surface area (Å²) in [7, 11) is 1.73. The largest absolute Gasteiger partial charge is 0.497 e. The van der Waals surface area contributed by atoms with E-state index in [9.17, 15) is 14.7 Å². The molecule has 5 saturated carbocycles. The Labute approximate surface area is 305 Å². The highest BCUT2D eigenvalue weighted by Gasteiger charge is 2.64. The van der Waals surface area contributed by atoms with Gasteiger partial charge in [-0.3, -0.25) is 9.59 Å². The van der Waals surface area contributed by atoms with E-state index in [0.717, 1.165) is 82.8 Å². The smallest absolute Gasteiger partial charge is 0.304 e. The van der Waals surface area contributed by atoms with Gasteiger partial charge < -0.3 is 19.3 Å². The summed E-state index contributed by atoms with van der Waals surface area (Å²) in [4.78, 5) is 23.1. The molecule has 0 bridgehead atoms. The summed E-state index contributed by atoms with van der Waals surface area (Å²) < 4.78 is 16.7. The molecule has 12 atom stereocenters. The van der Waals surface area contributed by atoms with E-state index in [2.05, 4.69) is 50.0 Å². The van der Waals surface area contributed by atoms with Crippen molar-refractivity contribution in [2.75, 3.05) is 7.11 Å². The lowest BCUT2D eigenvalue weighted by atomic mass is 9.50. The molecule has 1 aromatic rings. The molecule has 0 saturated heterocycles. The number of carbonyl (C=O) groups excluding carboxylic acids is 2. The number of ether oxygens (including phenoxy) is 3. The highest BCUT2D eigenvalue weighted by Crippen LogP contribution is 2.66. The van der Waals surface area contributed by atoms with E-state index in [1.165, 1.54) is 43.4 Å². The van der Waals surface area contributed by atoms with Crippen molar-refractivity contribution in [3.8, 4) is 30.4 Å². The third-order valence-corrected chi connectivity index (χ3v) is 15.7. The predicted octanol–water partition coefficient (Wildman–Crippen LogP) is 8.34. The molecule has 0 heterocycles. The van der Waals surface area contributed by atoms with Crippen LogP contribution < -0.4 is 4.74 Å². The standard InChI is InChI=1S/C24H32O4.C21H26O2/c1-5-24(28-16(3)26)13-11-22-21-8-6-17-14-18(27-15(2)25)7-9-19(17)20(21)10-12-23(22,24)4;1-4-21(22)12-10-19-18-7-5-14-13-15(23-3)6-8-16(14)17(18)9-11-20(19,21)2/h1,14,18-22H,6-13H2,2-4H3;1,6,8,13,17-19,22H,5,7,9-12H2,2-3H3/t18-,19-,20+,21+,22-,23-,24-;17-,18-,19+,20+,21+/m01/s1. The summed E-state index contributed by atoms with van der Waals surface area (Å²) >= 11 is 0. The molecule has 7 aliphatic rings. The number of hydrogen-bond donors (Lipinski definition) is 1. The van der Waals surface area contributed by atoms with Gasteiger partial charge in [0.1, 0.15) is 17.5 Å². The van der Waals surface area contributed by atoms with Crippen LogP contribution in [0.2, 0.25) is 0 Å². The third kappa shape index (κ3) is 5.75. The lowest BCUT2D eigenvalue weighted by Gasteiger charge is -2.55. The maximum Gasteiger partial charge on any atom is 0.304 e. The van der Waals surface area contributed by atoms with Gasteiger partial charge in [-0.2, -0.15) is 0 Å². The first-order chi connectivity index (χ1) is 24.3. The van der Waals surface area contributed by atoms with Crippen LogP contribution in [0, 0.1) is 71.0 Å². The first-order valence-electron chi connectivity index (χ1n) is 19.7. The van der Waals surface area contributed by atoms with Gasteiger partial charge >= 0.3 is 11.9 Å². The molecule has 0 unspecified atom stereocenters. The topological polar surface area (TPSA) is 82.1 Å². The van der Waals surface area contributed by atoms with E-state index in [-0.39, 0.29) is 28.9 Å². The molecule has 0 radical (unpaired) electrons. The number of rotatable bonds is 3. The normalized spacial score (nSPS) is 42.9. The molecular formula is C45H58O6. The van der Waals surface area contributed by atoms with Crippen molar-refractivity contribution in [1.29, 1.82) is 0 Å². The summed E-state index contributed by atoms with van der Waals surface area (Å²) in [6.07, 6.45) is 28.5. The van der Waals surface area contributed by atoms with Gasteiger partial charge in [0, 0.05) is 24.7 Å². The average Bonchev–Trinajstić information content (AvgIpc) is 3.57. The third-order valence-electron chi connectivity index (χ3n) is 15.7. The minimum absolute atomic E-state index is 0.0429.